The third kappa shape index (κ3) is 2.09. The number of carboxylic acid groups (broad SMARTS) is 1. The molecule has 0 radical (unpaired) electrons. The molecule has 76 valence electrons. The topological polar surface area (TPSA) is 84.2 Å². The highest BCUT2D eigenvalue weighted by Crippen LogP contribution is 1.96. The van der Waals surface area contributed by atoms with Crippen LogP contribution in [0.2, 0.25) is 0 Å². The Morgan fingerprint density at radius 3 is 2.71 bits per heavy atom. The summed E-state index contributed by atoms with van der Waals surface area (Å²) in [5.41, 5.74) is 0.332. The molecule has 0 unspecified atom stereocenters. The molecule has 0 aliphatic rings. The van der Waals surface area contributed by atoms with Crippen molar-refractivity contribution in [1.29, 1.82) is 0 Å². The van der Waals surface area contributed by atoms with E-state index >= 15 is 0 Å². The Kier molecular flexibility index (Phi) is 2.85. The molecule has 0 aromatic carbocycles. The van der Waals surface area contributed by atoms with Gasteiger partial charge in [0.25, 0.3) is 5.91 Å². The van der Waals surface area contributed by atoms with Gasteiger partial charge in [0.1, 0.15) is 11.7 Å². The summed E-state index contributed by atoms with van der Waals surface area (Å²) >= 11 is 0. The summed E-state index contributed by atoms with van der Waals surface area (Å²) in [5, 5.41) is 10.9. The molecule has 6 nitrogen and oxygen atoms in total. The van der Waals surface area contributed by atoms with Crippen molar-refractivity contribution in [3.05, 3.63) is 18.2 Å². The Hall–Kier alpha value is -1.85. The van der Waals surface area contributed by atoms with Gasteiger partial charge in [-0.25, -0.2) is 4.98 Å². The minimum Gasteiger partial charge on any atom is -0.480 e. The summed E-state index contributed by atoms with van der Waals surface area (Å²) in [6, 6.07) is -0.905. The summed E-state index contributed by atoms with van der Waals surface area (Å²) in [6.45, 7) is 1.40. The second kappa shape index (κ2) is 3.91. The monoisotopic (exact) mass is 197 g/mol. The summed E-state index contributed by atoms with van der Waals surface area (Å²) in [4.78, 5) is 25.6. The maximum absolute atomic E-state index is 11.4. The van der Waals surface area contributed by atoms with Gasteiger partial charge in [0.15, 0.2) is 0 Å². The number of carbonyl (C=O) groups is 2. The number of carboxylic acids is 1. The van der Waals surface area contributed by atoms with Crippen molar-refractivity contribution < 1.29 is 14.7 Å². The minimum atomic E-state index is -1.07. The number of aliphatic carboxylic acids is 1. The number of aryl methyl sites for hydroxylation is 1. The standard InChI is InChI=1S/C8H11N3O3/c1-5(8(13)14)10-7(12)6-3-9-4-11(6)2/h3-5H,1-2H3,(H,10,12)(H,13,14)/t5-/m1/s1. The van der Waals surface area contributed by atoms with E-state index in [1.807, 2.05) is 0 Å². The second-order valence-corrected chi connectivity index (χ2v) is 2.92. The van der Waals surface area contributed by atoms with E-state index in [1.165, 1.54) is 24.0 Å². The molecule has 0 fully saturated rings. The molecule has 1 aromatic rings. The lowest BCUT2D eigenvalue weighted by molar-refractivity contribution is -0.138. The van der Waals surface area contributed by atoms with Crippen LogP contribution in [-0.4, -0.2) is 32.6 Å². The molecule has 0 aliphatic carbocycles. The number of hydrogen-bond acceptors (Lipinski definition) is 3. The van der Waals surface area contributed by atoms with Gasteiger partial charge in [-0.3, -0.25) is 9.59 Å². The van der Waals surface area contributed by atoms with E-state index in [4.69, 9.17) is 5.11 Å². The first-order valence-electron chi connectivity index (χ1n) is 4.02. The van der Waals surface area contributed by atoms with Crippen molar-refractivity contribution in [2.45, 2.75) is 13.0 Å². The number of imidazole rings is 1. The van der Waals surface area contributed by atoms with E-state index in [2.05, 4.69) is 10.3 Å². The van der Waals surface area contributed by atoms with Gasteiger partial charge < -0.3 is 15.0 Å². The van der Waals surface area contributed by atoms with Gasteiger partial charge in [0.05, 0.1) is 12.5 Å². The highest BCUT2D eigenvalue weighted by molar-refractivity contribution is 5.94. The number of aromatic nitrogens is 2. The fraction of sp³-hybridized carbons (Fsp3) is 0.375. The fourth-order valence-corrected chi connectivity index (χ4v) is 0.908. The Morgan fingerprint density at radius 2 is 2.29 bits per heavy atom. The molecular formula is C8H11N3O3. The van der Waals surface area contributed by atoms with Gasteiger partial charge in [0, 0.05) is 7.05 Å². The summed E-state index contributed by atoms with van der Waals surface area (Å²) in [6.07, 6.45) is 2.85. The van der Waals surface area contributed by atoms with Gasteiger partial charge in [-0.15, -0.1) is 0 Å². The predicted molar refractivity (Wildman–Crippen MR) is 47.8 cm³/mol. The van der Waals surface area contributed by atoms with E-state index in [1.54, 1.807) is 7.05 Å². The second-order valence-electron chi connectivity index (χ2n) is 2.92. The molecule has 14 heavy (non-hydrogen) atoms. The van der Waals surface area contributed by atoms with Crippen molar-refractivity contribution in [2.75, 3.05) is 0 Å². The molecule has 1 rings (SSSR count). The van der Waals surface area contributed by atoms with Crippen LogP contribution in [0.4, 0.5) is 0 Å². The van der Waals surface area contributed by atoms with Crippen molar-refractivity contribution in [1.82, 2.24) is 14.9 Å². The quantitative estimate of drug-likeness (QED) is 0.692. The van der Waals surface area contributed by atoms with E-state index in [0.717, 1.165) is 0 Å². The van der Waals surface area contributed by atoms with Gasteiger partial charge in [-0.2, -0.15) is 0 Å². The van der Waals surface area contributed by atoms with Crippen LogP contribution >= 0.6 is 0 Å². The molecule has 0 saturated heterocycles. The molecule has 0 saturated carbocycles. The molecular weight excluding hydrogens is 186 g/mol. The number of hydrogen-bond donors (Lipinski definition) is 2. The van der Waals surface area contributed by atoms with Crippen LogP contribution in [-0.2, 0) is 11.8 Å². The summed E-state index contributed by atoms with van der Waals surface area (Å²) in [5.74, 6) is -1.51. The minimum absolute atomic E-state index is 0.332. The molecule has 1 amide bonds. The largest absolute Gasteiger partial charge is 0.480 e. The van der Waals surface area contributed by atoms with Crippen LogP contribution in [0, 0.1) is 0 Å². The molecule has 1 aromatic heterocycles. The van der Waals surface area contributed by atoms with E-state index in [9.17, 15) is 9.59 Å². The van der Waals surface area contributed by atoms with Crippen molar-refractivity contribution in [2.24, 2.45) is 7.05 Å². The number of nitrogens with zero attached hydrogens (tertiary/aromatic N) is 2. The Morgan fingerprint density at radius 1 is 1.64 bits per heavy atom. The lowest BCUT2D eigenvalue weighted by atomic mass is 10.3. The molecule has 2 N–H and O–H groups in total. The first kappa shape index (κ1) is 10.2. The van der Waals surface area contributed by atoms with Gasteiger partial charge in [0.2, 0.25) is 0 Å². The van der Waals surface area contributed by atoms with Crippen molar-refractivity contribution in [3.8, 4) is 0 Å². The Bertz CT molecular complexity index is 358. The third-order valence-electron chi connectivity index (χ3n) is 1.77. The average molecular weight is 197 g/mol. The van der Waals surface area contributed by atoms with Gasteiger partial charge >= 0.3 is 5.97 Å². The SMILES string of the molecule is C[C@@H](NC(=O)c1cncn1C)C(=O)O. The summed E-state index contributed by atoms with van der Waals surface area (Å²) in [7, 11) is 1.66. The van der Waals surface area contributed by atoms with Gasteiger partial charge in [-0.05, 0) is 6.92 Å². The molecule has 0 aliphatic heterocycles. The zero-order valence-electron chi connectivity index (χ0n) is 7.89. The van der Waals surface area contributed by atoms with Crippen LogP contribution in [0.1, 0.15) is 17.4 Å². The van der Waals surface area contributed by atoms with Gasteiger partial charge in [-0.1, -0.05) is 0 Å². The Balaban J connectivity index is 2.69. The maximum Gasteiger partial charge on any atom is 0.325 e. The highest BCUT2D eigenvalue weighted by atomic mass is 16.4. The van der Waals surface area contributed by atoms with Crippen molar-refractivity contribution in [3.63, 3.8) is 0 Å². The van der Waals surface area contributed by atoms with Crippen LogP contribution in [0.25, 0.3) is 0 Å². The lowest BCUT2D eigenvalue weighted by Crippen LogP contribution is -2.38. The fourth-order valence-electron chi connectivity index (χ4n) is 0.908. The normalized spacial score (nSPS) is 12.1. The highest BCUT2D eigenvalue weighted by Gasteiger charge is 2.16. The van der Waals surface area contributed by atoms with Crippen LogP contribution in [0.3, 0.4) is 0 Å². The van der Waals surface area contributed by atoms with E-state index < -0.39 is 17.9 Å². The first-order chi connectivity index (χ1) is 6.52. The number of carbonyl (C=O) groups excluding carboxylic acids is 1. The van der Waals surface area contributed by atoms with Crippen LogP contribution in [0.5, 0.6) is 0 Å². The molecule has 1 heterocycles. The Labute approximate surface area is 80.6 Å². The zero-order chi connectivity index (χ0) is 10.7. The predicted octanol–water partition coefficient (Wildman–Crippen LogP) is -0.377. The third-order valence-corrected chi connectivity index (χ3v) is 1.77. The number of amides is 1. The maximum atomic E-state index is 11.4. The number of rotatable bonds is 3. The van der Waals surface area contributed by atoms with Crippen molar-refractivity contribution >= 4 is 11.9 Å². The molecule has 0 bridgehead atoms. The van der Waals surface area contributed by atoms with Crippen LogP contribution in [0.15, 0.2) is 12.5 Å². The molecule has 1 atom stereocenters. The first-order valence-corrected chi connectivity index (χ1v) is 4.02. The van der Waals surface area contributed by atoms with E-state index in [0.29, 0.717) is 5.69 Å². The average Bonchev–Trinajstić information content (AvgIpc) is 2.51. The number of nitrogens with one attached hydrogen (secondary N) is 1. The zero-order valence-corrected chi connectivity index (χ0v) is 7.89. The summed E-state index contributed by atoms with van der Waals surface area (Å²) < 4.78 is 1.52. The smallest absolute Gasteiger partial charge is 0.325 e. The van der Waals surface area contributed by atoms with E-state index in [-0.39, 0.29) is 0 Å². The molecule has 6 heteroatoms. The lowest BCUT2D eigenvalue weighted by Gasteiger charge is -2.08. The molecule has 0 spiro atoms. The van der Waals surface area contributed by atoms with Crippen LogP contribution < -0.4 is 5.32 Å².